The molecule has 0 atom stereocenters. The average molecular weight is 331 g/mol. The third kappa shape index (κ3) is 3.86. The molecule has 20 heavy (non-hydrogen) atoms. The fraction of sp³-hybridized carbons (Fsp3) is 0.364. The van der Waals surface area contributed by atoms with Crippen LogP contribution in [-0.2, 0) is 20.0 Å². The van der Waals surface area contributed by atoms with Crippen LogP contribution < -0.4 is 0 Å². The molecule has 0 spiro atoms. The van der Waals surface area contributed by atoms with Gasteiger partial charge in [-0.1, -0.05) is 6.07 Å². The summed E-state index contributed by atoms with van der Waals surface area (Å²) in [4.78, 5) is 10.4. The first-order chi connectivity index (χ1) is 8.94. The van der Waals surface area contributed by atoms with Gasteiger partial charge in [0.05, 0.1) is 17.2 Å². The van der Waals surface area contributed by atoms with E-state index in [1.54, 1.807) is 0 Å². The van der Waals surface area contributed by atoms with E-state index in [1.165, 1.54) is 13.8 Å². The van der Waals surface area contributed by atoms with E-state index < -0.39 is 43.3 Å². The normalized spacial score (nSPS) is 12.6. The van der Waals surface area contributed by atoms with Gasteiger partial charge in [0.1, 0.15) is 4.90 Å². The van der Waals surface area contributed by atoms with E-state index in [0.29, 0.717) is 6.07 Å². The maximum atomic E-state index is 12.8. The Balaban J connectivity index is 3.59. The summed E-state index contributed by atoms with van der Waals surface area (Å²) in [6.07, 6.45) is -5.59. The molecule has 112 valence electrons. The smallest absolute Gasteiger partial charge is 0.417 e. The molecule has 0 amide bonds. The molecule has 0 aliphatic rings. The number of rotatable bonds is 3. The van der Waals surface area contributed by atoms with Crippen molar-refractivity contribution in [3.05, 3.63) is 29.3 Å². The number of esters is 1. The van der Waals surface area contributed by atoms with Crippen LogP contribution in [0.2, 0.25) is 0 Å². The van der Waals surface area contributed by atoms with Crippen LogP contribution in [0.3, 0.4) is 0 Å². The molecule has 0 bridgehead atoms. The lowest BCUT2D eigenvalue weighted by atomic mass is 10.1. The van der Waals surface area contributed by atoms with Crippen LogP contribution in [0, 0.1) is 0 Å². The van der Waals surface area contributed by atoms with Crippen LogP contribution in [0.15, 0.2) is 23.1 Å². The topological polar surface area (TPSA) is 60.4 Å². The van der Waals surface area contributed by atoms with Gasteiger partial charge in [-0.05, 0) is 26.0 Å². The number of carbonyl (C=O) groups is 1. The fourth-order valence-electron chi connectivity index (χ4n) is 1.46. The lowest BCUT2D eigenvalue weighted by Gasteiger charge is -2.15. The quantitative estimate of drug-likeness (QED) is 0.631. The molecule has 0 unspecified atom stereocenters. The van der Waals surface area contributed by atoms with Crippen LogP contribution in [0.4, 0.5) is 13.2 Å². The second-order valence-corrected chi connectivity index (χ2v) is 6.57. The third-order valence-corrected chi connectivity index (χ3v) is 3.52. The summed E-state index contributed by atoms with van der Waals surface area (Å²) >= 11 is 0. The van der Waals surface area contributed by atoms with E-state index >= 15 is 0 Å². The Morgan fingerprint density at radius 2 is 1.85 bits per heavy atom. The van der Waals surface area contributed by atoms with Gasteiger partial charge in [-0.3, -0.25) is 0 Å². The number of benzene rings is 1. The van der Waals surface area contributed by atoms with Crippen molar-refractivity contribution < 1.29 is 31.1 Å². The van der Waals surface area contributed by atoms with Crippen molar-refractivity contribution in [2.45, 2.75) is 31.0 Å². The molecule has 0 saturated heterocycles. The summed E-state index contributed by atoms with van der Waals surface area (Å²) in [5, 5.41) is 0. The minimum absolute atomic E-state index is 0.529. The maximum Gasteiger partial charge on any atom is 0.417 e. The van der Waals surface area contributed by atoms with Crippen molar-refractivity contribution in [2.24, 2.45) is 0 Å². The summed E-state index contributed by atoms with van der Waals surface area (Å²) in [6.45, 7) is 2.95. The van der Waals surface area contributed by atoms with Crippen molar-refractivity contribution >= 4 is 25.7 Å². The van der Waals surface area contributed by atoms with Gasteiger partial charge in [0, 0.05) is 10.7 Å². The summed E-state index contributed by atoms with van der Waals surface area (Å²) in [7, 11) is 0.243. The van der Waals surface area contributed by atoms with Crippen molar-refractivity contribution in [3.8, 4) is 0 Å². The Labute approximate surface area is 117 Å². The SMILES string of the molecule is CC(C)OC(=O)c1cccc(C(F)(F)F)c1S(=O)(=O)Cl. The van der Waals surface area contributed by atoms with Gasteiger partial charge >= 0.3 is 12.1 Å². The molecule has 9 heteroatoms. The van der Waals surface area contributed by atoms with Crippen LogP contribution in [0.5, 0.6) is 0 Å². The average Bonchev–Trinajstić information content (AvgIpc) is 2.24. The van der Waals surface area contributed by atoms with Crippen LogP contribution in [0.1, 0.15) is 29.8 Å². The zero-order chi connectivity index (χ0) is 15.7. The van der Waals surface area contributed by atoms with E-state index in [4.69, 9.17) is 15.4 Å². The molecule has 0 saturated carbocycles. The largest absolute Gasteiger partial charge is 0.459 e. The van der Waals surface area contributed by atoms with Gasteiger partial charge in [0.25, 0.3) is 9.05 Å². The van der Waals surface area contributed by atoms with Gasteiger partial charge in [0.2, 0.25) is 0 Å². The number of ether oxygens (including phenoxy) is 1. The molecule has 0 N–H and O–H groups in total. The fourth-order valence-corrected chi connectivity index (χ4v) is 2.82. The molecule has 0 radical (unpaired) electrons. The first-order valence-corrected chi connectivity index (χ1v) is 7.61. The standard InChI is InChI=1S/C11H10ClF3O4S/c1-6(2)19-10(16)7-4-3-5-8(11(13,14)15)9(7)20(12,17)18/h3-6H,1-2H3. The summed E-state index contributed by atoms with van der Waals surface area (Å²) < 4.78 is 65.9. The van der Waals surface area contributed by atoms with E-state index in [-0.39, 0.29) is 0 Å². The molecule has 0 aromatic heterocycles. The monoisotopic (exact) mass is 330 g/mol. The highest BCUT2D eigenvalue weighted by Crippen LogP contribution is 2.37. The Kier molecular flexibility index (Phi) is 4.70. The first-order valence-electron chi connectivity index (χ1n) is 5.30. The van der Waals surface area contributed by atoms with E-state index in [9.17, 15) is 26.4 Å². The number of hydrogen-bond acceptors (Lipinski definition) is 4. The van der Waals surface area contributed by atoms with Crippen LogP contribution in [-0.4, -0.2) is 20.5 Å². The van der Waals surface area contributed by atoms with Crippen molar-refractivity contribution in [2.75, 3.05) is 0 Å². The first kappa shape index (κ1) is 16.8. The lowest BCUT2D eigenvalue weighted by Crippen LogP contribution is -2.18. The Morgan fingerprint density at radius 1 is 1.30 bits per heavy atom. The maximum absolute atomic E-state index is 12.8. The zero-order valence-corrected chi connectivity index (χ0v) is 11.9. The van der Waals surface area contributed by atoms with Gasteiger partial charge in [0.15, 0.2) is 0 Å². The second-order valence-electron chi connectivity index (χ2n) is 4.07. The second kappa shape index (κ2) is 5.61. The highest BCUT2D eigenvalue weighted by atomic mass is 35.7. The summed E-state index contributed by atoms with van der Waals surface area (Å²) in [5.41, 5.74) is -2.26. The van der Waals surface area contributed by atoms with Crippen LogP contribution in [0.25, 0.3) is 0 Å². The molecule has 0 aliphatic carbocycles. The summed E-state index contributed by atoms with van der Waals surface area (Å²) in [6, 6.07) is 2.35. The molecule has 0 heterocycles. The number of halogens is 4. The number of carbonyl (C=O) groups excluding carboxylic acids is 1. The molecule has 1 aromatic carbocycles. The predicted octanol–water partition coefficient (Wildman–Crippen LogP) is 3.20. The molecule has 0 aliphatic heterocycles. The summed E-state index contributed by atoms with van der Waals surface area (Å²) in [5.74, 6) is -1.19. The van der Waals surface area contributed by atoms with Crippen molar-refractivity contribution in [1.82, 2.24) is 0 Å². The van der Waals surface area contributed by atoms with E-state index in [0.717, 1.165) is 12.1 Å². The molecular weight excluding hydrogens is 321 g/mol. The van der Waals surface area contributed by atoms with E-state index in [2.05, 4.69) is 0 Å². The van der Waals surface area contributed by atoms with Gasteiger partial charge in [-0.25, -0.2) is 13.2 Å². The molecule has 0 fully saturated rings. The minimum Gasteiger partial charge on any atom is -0.459 e. The zero-order valence-electron chi connectivity index (χ0n) is 10.4. The highest BCUT2D eigenvalue weighted by Gasteiger charge is 2.39. The molecule has 4 nitrogen and oxygen atoms in total. The van der Waals surface area contributed by atoms with E-state index in [1.807, 2.05) is 0 Å². The molecule has 1 aromatic rings. The highest BCUT2D eigenvalue weighted by molar-refractivity contribution is 8.13. The Bertz CT molecular complexity index is 623. The van der Waals surface area contributed by atoms with Gasteiger partial charge in [-0.15, -0.1) is 0 Å². The lowest BCUT2D eigenvalue weighted by molar-refractivity contribution is -0.139. The van der Waals surface area contributed by atoms with Crippen molar-refractivity contribution in [3.63, 3.8) is 0 Å². The number of hydrogen-bond donors (Lipinski definition) is 0. The van der Waals surface area contributed by atoms with Crippen molar-refractivity contribution in [1.29, 1.82) is 0 Å². The number of alkyl halides is 3. The van der Waals surface area contributed by atoms with Crippen LogP contribution >= 0.6 is 10.7 Å². The predicted molar refractivity (Wildman–Crippen MR) is 65.0 cm³/mol. The van der Waals surface area contributed by atoms with Gasteiger partial charge < -0.3 is 4.74 Å². The third-order valence-electron chi connectivity index (χ3n) is 2.13. The molecule has 1 rings (SSSR count). The molecular formula is C11H10ClF3O4S. The van der Waals surface area contributed by atoms with Gasteiger partial charge in [-0.2, -0.15) is 13.2 Å². The Hall–Kier alpha value is -1.28. The minimum atomic E-state index is -4.97. The Morgan fingerprint density at radius 3 is 2.25 bits per heavy atom.